The Morgan fingerprint density at radius 1 is 1.18 bits per heavy atom. The van der Waals surface area contributed by atoms with Crippen molar-refractivity contribution in [3.63, 3.8) is 0 Å². The summed E-state index contributed by atoms with van der Waals surface area (Å²) in [5.74, 6) is 0. The second-order valence-electron chi connectivity index (χ2n) is 1.66. The van der Waals surface area contributed by atoms with Gasteiger partial charge in [-0.05, 0) is 25.2 Å². The highest BCUT2D eigenvalue weighted by Gasteiger charge is 1.66. The number of methoxy groups -OCH3 is 1. The lowest BCUT2D eigenvalue weighted by molar-refractivity contribution is 0.215. The van der Waals surface area contributed by atoms with Crippen molar-refractivity contribution in [2.75, 3.05) is 13.7 Å². The summed E-state index contributed by atoms with van der Waals surface area (Å²) in [6, 6.07) is 1.79. The number of hydrogen-bond donors (Lipinski definition) is 1. The maximum Gasteiger partial charge on any atom is 0.196 e. The average molecular weight is 262 g/mol. The maximum atomic E-state index is 4.65. The van der Waals surface area contributed by atoms with Crippen molar-refractivity contribution < 1.29 is 4.74 Å². The molecule has 1 rings (SSSR count). The van der Waals surface area contributed by atoms with Gasteiger partial charge in [0, 0.05) is 26.1 Å². The number of rotatable bonds is 1. The van der Waals surface area contributed by atoms with Gasteiger partial charge in [0.2, 0.25) is 0 Å². The Labute approximate surface area is 113 Å². The number of nitrogens with one attached hydrogen (secondary N) is 1. The fourth-order valence-electron chi connectivity index (χ4n) is 0.310. The van der Waals surface area contributed by atoms with Gasteiger partial charge in [-0.15, -0.1) is 0 Å². The summed E-state index contributed by atoms with van der Waals surface area (Å²) in [6.45, 7) is 14.8. The molecule has 0 aliphatic heterocycles. The molecule has 1 N–H and O–H groups in total. The van der Waals surface area contributed by atoms with Gasteiger partial charge in [-0.25, -0.2) is 4.98 Å². The van der Waals surface area contributed by atoms with Crippen molar-refractivity contribution in [2.24, 2.45) is 0 Å². The highest BCUT2D eigenvalue weighted by molar-refractivity contribution is 7.71. The number of hydrogen-bond acceptors (Lipinski definition) is 3. The van der Waals surface area contributed by atoms with E-state index in [-0.39, 0.29) is 0 Å². The summed E-state index contributed by atoms with van der Waals surface area (Å²) < 4.78 is 5.07. The zero-order valence-corrected chi connectivity index (χ0v) is 13.5. The standard InChI is InChI=1S/C4H4N2S.C3H8O.3C2H6/c7-4-5-2-1-3-6-4;1-3-4-2;3*1-2/h1-3H,(H,5,6,7);3H2,1-2H3;3*1-2H3. The van der Waals surface area contributed by atoms with Crippen molar-refractivity contribution in [1.82, 2.24) is 9.97 Å². The Kier molecular flexibility index (Phi) is 53.6. The number of aromatic amines is 1. The molecule has 0 amide bonds. The molecule has 17 heavy (non-hydrogen) atoms. The van der Waals surface area contributed by atoms with Gasteiger partial charge in [0.1, 0.15) is 0 Å². The van der Waals surface area contributed by atoms with Crippen molar-refractivity contribution in [3.05, 3.63) is 23.2 Å². The number of nitrogens with zero attached hydrogens (tertiary/aromatic N) is 1. The van der Waals surface area contributed by atoms with Crippen LogP contribution in [0.2, 0.25) is 0 Å². The second kappa shape index (κ2) is 36.2. The van der Waals surface area contributed by atoms with Crippen LogP contribution < -0.4 is 0 Å². The molecule has 104 valence electrons. The molecule has 0 bridgehead atoms. The van der Waals surface area contributed by atoms with Crippen LogP contribution in [-0.4, -0.2) is 23.7 Å². The quantitative estimate of drug-likeness (QED) is 0.734. The van der Waals surface area contributed by atoms with Crippen LogP contribution in [0.25, 0.3) is 0 Å². The second-order valence-corrected chi connectivity index (χ2v) is 2.05. The number of H-pyrrole nitrogens is 1. The molecule has 0 saturated carbocycles. The van der Waals surface area contributed by atoms with Crippen LogP contribution in [0.15, 0.2) is 18.5 Å². The fourth-order valence-corrected chi connectivity index (χ4v) is 0.439. The predicted molar refractivity (Wildman–Crippen MR) is 81.0 cm³/mol. The molecule has 0 aliphatic carbocycles. The zero-order chi connectivity index (χ0) is 14.5. The van der Waals surface area contributed by atoms with Gasteiger partial charge in [-0.3, -0.25) is 0 Å². The van der Waals surface area contributed by atoms with Gasteiger partial charge in [-0.1, -0.05) is 41.5 Å². The zero-order valence-electron chi connectivity index (χ0n) is 12.7. The summed E-state index contributed by atoms with van der Waals surface area (Å²) in [5.41, 5.74) is 0. The van der Waals surface area contributed by atoms with Crippen LogP contribution in [0.5, 0.6) is 0 Å². The minimum Gasteiger partial charge on any atom is -0.385 e. The van der Waals surface area contributed by atoms with E-state index in [2.05, 4.69) is 26.9 Å². The molecule has 0 aliphatic rings. The van der Waals surface area contributed by atoms with Gasteiger partial charge < -0.3 is 9.72 Å². The Hall–Kier alpha value is -0.740. The van der Waals surface area contributed by atoms with E-state index >= 15 is 0 Å². The van der Waals surface area contributed by atoms with Crippen LogP contribution >= 0.6 is 12.2 Å². The highest BCUT2D eigenvalue weighted by atomic mass is 32.1. The van der Waals surface area contributed by atoms with Crippen LogP contribution in [0.1, 0.15) is 48.5 Å². The summed E-state index contributed by atoms with van der Waals surface area (Å²) in [4.78, 5) is 6.47. The Balaban J connectivity index is -0.0000000735. The minimum atomic E-state index is 0.530. The highest BCUT2D eigenvalue weighted by Crippen LogP contribution is 1.73. The molecular weight excluding hydrogens is 232 g/mol. The molecular formula is C13H30N2OS. The first kappa shape index (κ1) is 25.2. The topological polar surface area (TPSA) is 37.9 Å². The Bertz CT molecular complexity index is 207. The van der Waals surface area contributed by atoms with E-state index in [1.165, 1.54) is 0 Å². The van der Waals surface area contributed by atoms with Gasteiger partial charge in [0.15, 0.2) is 4.77 Å². The largest absolute Gasteiger partial charge is 0.385 e. The molecule has 0 aromatic carbocycles. The van der Waals surface area contributed by atoms with Gasteiger partial charge in [-0.2, -0.15) is 0 Å². The fraction of sp³-hybridized carbons (Fsp3) is 0.692. The predicted octanol–water partition coefficient (Wildman–Crippen LogP) is 4.87. The van der Waals surface area contributed by atoms with Crippen molar-refractivity contribution in [2.45, 2.75) is 48.5 Å². The Morgan fingerprint density at radius 2 is 1.59 bits per heavy atom. The van der Waals surface area contributed by atoms with Crippen LogP contribution in [0, 0.1) is 4.77 Å². The molecule has 0 saturated heterocycles. The Morgan fingerprint density at radius 3 is 1.71 bits per heavy atom. The monoisotopic (exact) mass is 262 g/mol. The van der Waals surface area contributed by atoms with E-state index in [1.807, 2.05) is 48.5 Å². The summed E-state index contributed by atoms with van der Waals surface area (Å²) >= 11 is 4.65. The molecule has 0 atom stereocenters. The lowest BCUT2D eigenvalue weighted by Gasteiger charge is -1.76. The molecule has 0 radical (unpaired) electrons. The minimum absolute atomic E-state index is 0.530. The first-order chi connectivity index (χ1) is 8.31. The lowest BCUT2D eigenvalue weighted by Crippen LogP contribution is -1.73. The van der Waals surface area contributed by atoms with Gasteiger partial charge in [0.25, 0.3) is 0 Å². The van der Waals surface area contributed by atoms with Crippen LogP contribution in [0.3, 0.4) is 0 Å². The van der Waals surface area contributed by atoms with Crippen LogP contribution in [-0.2, 0) is 4.74 Å². The third kappa shape index (κ3) is 39.3. The molecule has 4 heteroatoms. The summed E-state index contributed by atoms with van der Waals surface area (Å²) in [7, 11) is 1.68. The lowest BCUT2D eigenvalue weighted by atomic mass is 10.7. The summed E-state index contributed by atoms with van der Waals surface area (Å²) in [6.07, 6.45) is 3.40. The van der Waals surface area contributed by atoms with Crippen LogP contribution in [0.4, 0.5) is 0 Å². The SMILES string of the molecule is CC.CC.CC.CCOC.S=c1nccc[nH]1. The number of aromatic nitrogens is 2. The molecule has 0 unspecified atom stereocenters. The van der Waals surface area contributed by atoms with E-state index in [9.17, 15) is 0 Å². The van der Waals surface area contributed by atoms with Crippen molar-refractivity contribution >= 4 is 12.2 Å². The third-order valence-electron chi connectivity index (χ3n) is 0.870. The average Bonchev–Trinajstić information content (AvgIpc) is 2.46. The van der Waals surface area contributed by atoms with E-state index in [0.29, 0.717) is 4.77 Å². The molecule has 0 spiro atoms. The smallest absolute Gasteiger partial charge is 0.196 e. The van der Waals surface area contributed by atoms with E-state index < -0.39 is 0 Å². The van der Waals surface area contributed by atoms with Gasteiger partial charge in [0.05, 0.1) is 0 Å². The van der Waals surface area contributed by atoms with Crippen molar-refractivity contribution in [3.8, 4) is 0 Å². The summed E-state index contributed by atoms with van der Waals surface area (Å²) in [5, 5.41) is 0. The molecule has 1 aromatic heterocycles. The molecule has 1 heterocycles. The maximum absolute atomic E-state index is 4.65. The van der Waals surface area contributed by atoms with E-state index in [4.69, 9.17) is 0 Å². The van der Waals surface area contributed by atoms with Gasteiger partial charge >= 0.3 is 0 Å². The van der Waals surface area contributed by atoms with E-state index in [1.54, 1.807) is 25.6 Å². The molecule has 0 fully saturated rings. The van der Waals surface area contributed by atoms with E-state index in [0.717, 1.165) is 6.61 Å². The molecule has 3 nitrogen and oxygen atoms in total. The van der Waals surface area contributed by atoms with Crippen molar-refractivity contribution in [1.29, 1.82) is 0 Å². The molecule has 1 aromatic rings. The third-order valence-corrected chi connectivity index (χ3v) is 1.09. The first-order valence-corrected chi connectivity index (χ1v) is 6.70. The normalized spacial score (nSPS) is 6.35. The number of ether oxygens (including phenoxy) is 1. The first-order valence-electron chi connectivity index (χ1n) is 6.30.